The molecule has 0 aliphatic carbocycles. The van der Waals surface area contributed by atoms with Crippen molar-refractivity contribution in [3.05, 3.63) is 58.1 Å². The predicted octanol–water partition coefficient (Wildman–Crippen LogP) is 3.90. The van der Waals surface area contributed by atoms with Crippen LogP contribution in [0.2, 0.25) is 10.0 Å². The number of nitrogens with zero attached hydrogens (tertiary/aromatic N) is 2. The van der Waals surface area contributed by atoms with Crippen LogP contribution in [-0.2, 0) is 14.8 Å². The normalized spacial score (nSPS) is 17.7. The van der Waals surface area contributed by atoms with Gasteiger partial charge in [-0.1, -0.05) is 23.2 Å². The Morgan fingerprint density at radius 3 is 2.54 bits per heavy atom. The Bertz CT molecular complexity index is 1030. The average Bonchev–Trinajstić information content (AvgIpc) is 2.68. The van der Waals surface area contributed by atoms with E-state index >= 15 is 0 Å². The van der Waals surface area contributed by atoms with E-state index in [-0.39, 0.29) is 22.4 Å². The van der Waals surface area contributed by atoms with Gasteiger partial charge in [0.2, 0.25) is 15.9 Å². The smallest absolute Gasteiger partial charge is 0.243 e. The highest BCUT2D eigenvalue weighted by Gasteiger charge is 2.33. The second-order valence-corrected chi connectivity index (χ2v) is 9.23. The van der Waals surface area contributed by atoms with Gasteiger partial charge in [-0.25, -0.2) is 8.42 Å². The van der Waals surface area contributed by atoms with Crippen LogP contribution in [0.3, 0.4) is 0 Å². The number of nitriles is 1. The first-order valence-electron chi connectivity index (χ1n) is 8.57. The third kappa shape index (κ3) is 4.47. The van der Waals surface area contributed by atoms with Gasteiger partial charge < -0.3 is 5.32 Å². The first kappa shape index (κ1) is 20.6. The van der Waals surface area contributed by atoms with Crippen molar-refractivity contribution in [1.29, 1.82) is 5.26 Å². The molecule has 1 aliphatic rings. The van der Waals surface area contributed by atoms with Crippen molar-refractivity contribution < 1.29 is 13.2 Å². The summed E-state index contributed by atoms with van der Waals surface area (Å²) in [6.45, 7) is 0.457. The molecule has 0 radical (unpaired) electrons. The van der Waals surface area contributed by atoms with Gasteiger partial charge in [-0.3, -0.25) is 4.79 Å². The van der Waals surface area contributed by atoms with Gasteiger partial charge in [0.05, 0.1) is 21.4 Å². The van der Waals surface area contributed by atoms with Crippen LogP contribution in [-0.4, -0.2) is 31.7 Å². The molecule has 9 heteroatoms. The van der Waals surface area contributed by atoms with Gasteiger partial charge >= 0.3 is 0 Å². The molecular weight excluding hydrogens is 421 g/mol. The minimum absolute atomic E-state index is 0.0980. The minimum Gasteiger partial charge on any atom is -0.326 e. The van der Waals surface area contributed by atoms with Gasteiger partial charge in [-0.05, 0) is 55.3 Å². The number of rotatable bonds is 4. The molecule has 0 aromatic heterocycles. The van der Waals surface area contributed by atoms with Crippen molar-refractivity contribution in [2.45, 2.75) is 17.7 Å². The number of sulfonamides is 1. The van der Waals surface area contributed by atoms with Gasteiger partial charge in [-0.15, -0.1) is 0 Å². The molecule has 28 heavy (non-hydrogen) atoms. The fourth-order valence-corrected chi connectivity index (χ4v) is 4.93. The van der Waals surface area contributed by atoms with E-state index in [9.17, 15) is 13.2 Å². The lowest BCUT2D eigenvalue weighted by atomic mass is 9.98. The summed E-state index contributed by atoms with van der Waals surface area (Å²) in [7, 11) is -3.70. The molecule has 0 spiro atoms. The summed E-state index contributed by atoms with van der Waals surface area (Å²) < 4.78 is 27.0. The van der Waals surface area contributed by atoms with E-state index in [1.54, 1.807) is 6.07 Å². The monoisotopic (exact) mass is 437 g/mol. The van der Waals surface area contributed by atoms with E-state index in [4.69, 9.17) is 28.5 Å². The molecule has 1 amide bonds. The van der Waals surface area contributed by atoms with Crippen molar-refractivity contribution in [3.8, 4) is 6.07 Å². The molecule has 1 saturated heterocycles. The molecule has 0 bridgehead atoms. The molecule has 1 N–H and O–H groups in total. The Morgan fingerprint density at radius 2 is 1.89 bits per heavy atom. The van der Waals surface area contributed by atoms with Gasteiger partial charge in [0.15, 0.2) is 0 Å². The Hall–Kier alpha value is -2.11. The Labute approximate surface area is 173 Å². The van der Waals surface area contributed by atoms with Crippen LogP contribution in [0.4, 0.5) is 5.69 Å². The fraction of sp³-hybridized carbons (Fsp3) is 0.263. The van der Waals surface area contributed by atoms with Crippen molar-refractivity contribution in [3.63, 3.8) is 0 Å². The third-order valence-corrected chi connectivity index (χ3v) is 7.01. The van der Waals surface area contributed by atoms with E-state index < -0.39 is 15.9 Å². The quantitative estimate of drug-likeness (QED) is 0.784. The highest BCUT2D eigenvalue weighted by molar-refractivity contribution is 7.89. The molecule has 146 valence electrons. The zero-order chi connectivity index (χ0) is 20.3. The third-order valence-electron chi connectivity index (χ3n) is 4.56. The minimum atomic E-state index is -3.70. The zero-order valence-electron chi connectivity index (χ0n) is 14.7. The maximum atomic E-state index is 12.8. The number of hydrogen-bond donors (Lipinski definition) is 1. The van der Waals surface area contributed by atoms with Crippen LogP contribution in [0.1, 0.15) is 18.4 Å². The molecule has 3 rings (SSSR count). The van der Waals surface area contributed by atoms with E-state index in [0.717, 1.165) is 0 Å². The lowest BCUT2D eigenvalue weighted by Crippen LogP contribution is -2.43. The molecule has 1 heterocycles. The van der Waals surface area contributed by atoms with Crippen LogP contribution < -0.4 is 5.32 Å². The van der Waals surface area contributed by atoms with Gasteiger partial charge in [0.25, 0.3) is 0 Å². The second kappa shape index (κ2) is 8.50. The van der Waals surface area contributed by atoms with Crippen LogP contribution >= 0.6 is 23.2 Å². The summed E-state index contributed by atoms with van der Waals surface area (Å²) in [5.41, 5.74) is 0.782. The topological polar surface area (TPSA) is 90.3 Å². The summed E-state index contributed by atoms with van der Waals surface area (Å²) in [6, 6.07) is 12.5. The average molecular weight is 438 g/mol. The van der Waals surface area contributed by atoms with Crippen LogP contribution in [0.5, 0.6) is 0 Å². The molecule has 6 nitrogen and oxygen atoms in total. The molecule has 0 saturated carbocycles. The first-order chi connectivity index (χ1) is 13.3. The number of carbonyl (C=O) groups is 1. The van der Waals surface area contributed by atoms with Crippen LogP contribution in [0.25, 0.3) is 0 Å². The van der Waals surface area contributed by atoms with Crippen LogP contribution in [0, 0.1) is 17.2 Å². The first-order valence-corrected chi connectivity index (χ1v) is 10.8. The number of halogens is 2. The molecule has 2 aromatic carbocycles. The molecular formula is C19H17Cl2N3O3S. The van der Waals surface area contributed by atoms with E-state index in [2.05, 4.69) is 5.32 Å². The molecule has 1 fully saturated rings. The summed E-state index contributed by atoms with van der Waals surface area (Å²) in [5, 5.41) is 12.4. The summed E-state index contributed by atoms with van der Waals surface area (Å²) in [6.07, 6.45) is 1.17. The number of hydrogen-bond acceptors (Lipinski definition) is 4. The van der Waals surface area contributed by atoms with Crippen LogP contribution in [0.15, 0.2) is 47.4 Å². The van der Waals surface area contributed by atoms with Gasteiger partial charge in [0.1, 0.15) is 6.07 Å². The summed E-state index contributed by atoms with van der Waals surface area (Å²) in [4.78, 5) is 12.8. The Kier molecular flexibility index (Phi) is 6.26. The highest BCUT2D eigenvalue weighted by Crippen LogP contribution is 2.26. The number of anilines is 1. The SMILES string of the molecule is N#Cc1ccc(NC(=O)[C@H]2CCCN(S(=O)(=O)c3ccc(Cl)cc3)C2)cc1Cl. The number of carbonyl (C=O) groups excluding carboxylic acids is 1. The molecule has 2 aromatic rings. The molecule has 1 aliphatic heterocycles. The Balaban J connectivity index is 1.72. The van der Waals surface area contributed by atoms with E-state index in [1.165, 1.54) is 40.7 Å². The Morgan fingerprint density at radius 1 is 1.18 bits per heavy atom. The predicted molar refractivity (Wildman–Crippen MR) is 108 cm³/mol. The van der Waals surface area contributed by atoms with Gasteiger partial charge in [-0.2, -0.15) is 9.57 Å². The zero-order valence-corrected chi connectivity index (χ0v) is 17.1. The molecule has 0 unspecified atom stereocenters. The lowest BCUT2D eigenvalue weighted by molar-refractivity contribution is -0.120. The van der Waals surface area contributed by atoms with Crippen molar-refractivity contribution in [2.24, 2.45) is 5.92 Å². The van der Waals surface area contributed by atoms with Crippen molar-refractivity contribution in [1.82, 2.24) is 4.31 Å². The number of piperidine rings is 1. The van der Waals surface area contributed by atoms with Crippen molar-refractivity contribution in [2.75, 3.05) is 18.4 Å². The van der Waals surface area contributed by atoms with E-state index in [0.29, 0.717) is 35.7 Å². The molecule has 1 atom stereocenters. The largest absolute Gasteiger partial charge is 0.326 e. The number of amides is 1. The summed E-state index contributed by atoms with van der Waals surface area (Å²) >= 11 is 11.8. The lowest BCUT2D eigenvalue weighted by Gasteiger charge is -2.31. The summed E-state index contributed by atoms with van der Waals surface area (Å²) in [5.74, 6) is -0.762. The van der Waals surface area contributed by atoms with E-state index in [1.807, 2.05) is 6.07 Å². The van der Waals surface area contributed by atoms with Crippen molar-refractivity contribution >= 4 is 44.8 Å². The second-order valence-electron chi connectivity index (χ2n) is 6.45. The van der Waals surface area contributed by atoms with Gasteiger partial charge in [0, 0.05) is 23.8 Å². The highest BCUT2D eigenvalue weighted by atomic mass is 35.5. The maximum absolute atomic E-state index is 12.8. The standard InChI is InChI=1S/C19H17Cl2N3O3S/c20-15-4-7-17(8-5-15)28(26,27)24-9-1-2-14(12-24)19(25)23-16-6-3-13(11-22)18(21)10-16/h3-8,10,14H,1-2,9,12H2,(H,23,25)/t14-/m0/s1. The number of nitrogens with one attached hydrogen (secondary N) is 1. The fourth-order valence-electron chi connectivity index (χ4n) is 3.06. The number of benzene rings is 2. The maximum Gasteiger partial charge on any atom is 0.243 e.